The van der Waals surface area contributed by atoms with Crippen LogP contribution in [0.5, 0.6) is 0 Å². The predicted molar refractivity (Wildman–Crippen MR) is 92.5 cm³/mol. The number of para-hydroxylation sites is 1. The molecular weight excluding hydrogens is 300 g/mol. The lowest BCUT2D eigenvalue weighted by molar-refractivity contribution is 0.121. The van der Waals surface area contributed by atoms with Gasteiger partial charge in [-0.1, -0.05) is 25.1 Å². The number of nitrogens with one attached hydrogen (secondary N) is 2. The zero-order valence-corrected chi connectivity index (χ0v) is 15.9. The van der Waals surface area contributed by atoms with Gasteiger partial charge in [0.15, 0.2) is 0 Å². The van der Waals surface area contributed by atoms with Gasteiger partial charge in [-0.05, 0) is 18.2 Å². The summed E-state index contributed by atoms with van der Waals surface area (Å²) in [5.74, 6) is 0. The molecule has 0 bridgehead atoms. The Morgan fingerprint density at radius 3 is 2.29 bits per heavy atom. The molecule has 1 unspecified atom stereocenters. The van der Waals surface area contributed by atoms with E-state index in [1.807, 2.05) is 18.2 Å². The van der Waals surface area contributed by atoms with E-state index in [0.717, 1.165) is 12.6 Å². The van der Waals surface area contributed by atoms with Gasteiger partial charge in [-0.3, -0.25) is 0 Å². The molecule has 120 valence electrons. The third-order valence-electron chi connectivity index (χ3n) is 3.44. The largest absolute Gasteiger partial charge is 0.501 e. The zero-order chi connectivity index (χ0) is 15.6. The zero-order valence-electron chi connectivity index (χ0n) is 13.5. The molecule has 0 aliphatic rings. The van der Waals surface area contributed by atoms with Gasteiger partial charge in [0.1, 0.15) is 0 Å². The van der Waals surface area contributed by atoms with Crippen molar-refractivity contribution < 1.29 is 13.3 Å². The fourth-order valence-electron chi connectivity index (χ4n) is 2.17. The molecule has 0 spiro atoms. The van der Waals surface area contributed by atoms with Crippen molar-refractivity contribution in [2.24, 2.45) is 0 Å². The van der Waals surface area contributed by atoms with E-state index in [9.17, 15) is 0 Å². The maximum absolute atomic E-state index is 5.45. The quantitative estimate of drug-likeness (QED) is 0.476. The van der Waals surface area contributed by atoms with Crippen LogP contribution in [0.3, 0.4) is 0 Å². The smallest absolute Gasteiger partial charge is 0.385 e. The summed E-state index contributed by atoms with van der Waals surface area (Å²) in [4.78, 5) is 3.62. The molecule has 1 aromatic rings. The van der Waals surface area contributed by atoms with Crippen molar-refractivity contribution in [3.8, 4) is 0 Å². The second-order valence-corrected chi connectivity index (χ2v) is 9.62. The summed E-state index contributed by atoms with van der Waals surface area (Å²) in [5, 5.41) is 3.43. The average Bonchev–Trinajstić information content (AvgIpc) is 2.53. The standard InChI is InChI=1S/C14H28N2O3Si2/c1-13(12-21(17-2,18-3)19-4)16-20-11-10-15-14-8-6-5-7-9-14/h5-9,13,15-16H,10-12,20H2,1-4H3. The first-order chi connectivity index (χ1) is 10.2. The first-order valence-electron chi connectivity index (χ1n) is 7.33. The van der Waals surface area contributed by atoms with Crippen molar-refractivity contribution >= 4 is 24.2 Å². The number of anilines is 1. The molecule has 1 aromatic carbocycles. The second-order valence-electron chi connectivity index (χ2n) is 5.00. The summed E-state index contributed by atoms with van der Waals surface area (Å²) in [7, 11) is 2.22. The van der Waals surface area contributed by atoms with E-state index < -0.39 is 8.80 Å². The maximum atomic E-state index is 5.45. The molecule has 2 N–H and O–H groups in total. The van der Waals surface area contributed by atoms with Gasteiger partial charge in [0.25, 0.3) is 0 Å². The van der Waals surface area contributed by atoms with E-state index in [4.69, 9.17) is 13.3 Å². The highest BCUT2D eigenvalue weighted by Gasteiger charge is 2.39. The van der Waals surface area contributed by atoms with Gasteiger partial charge in [0.05, 0.1) is 9.68 Å². The molecule has 21 heavy (non-hydrogen) atoms. The van der Waals surface area contributed by atoms with Crippen molar-refractivity contribution in [2.45, 2.75) is 25.1 Å². The Morgan fingerprint density at radius 1 is 1.10 bits per heavy atom. The average molecular weight is 329 g/mol. The first kappa shape index (κ1) is 18.3. The molecule has 0 aromatic heterocycles. The molecule has 0 amide bonds. The van der Waals surface area contributed by atoms with E-state index >= 15 is 0 Å². The summed E-state index contributed by atoms with van der Waals surface area (Å²) in [6.07, 6.45) is 0. The Kier molecular flexibility index (Phi) is 8.82. The fraction of sp³-hybridized carbons (Fsp3) is 0.571. The lowest BCUT2D eigenvalue weighted by atomic mass is 10.3. The van der Waals surface area contributed by atoms with Crippen LogP contribution in [0.25, 0.3) is 0 Å². The molecule has 0 aliphatic carbocycles. The van der Waals surface area contributed by atoms with Crippen LogP contribution in [0, 0.1) is 0 Å². The molecule has 1 atom stereocenters. The van der Waals surface area contributed by atoms with Gasteiger partial charge in [-0.2, -0.15) is 0 Å². The van der Waals surface area contributed by atoms with E-state index in [1.54, 1.807) is 21.3 Å². The minimum Gasteiger partial charge on any atom is -0.385 e. The molecule has 0 saturated carbocycles. The van der Waals surface area contributed by atoms with Crippen LogP contribution < -0.4 is 10.3 Å². The van der Waals surface area contributed by atoms with E-state index in [2.05, 4.69) is 29.4 Å². The van der Waals surface area contributed by atoms with Crippen molar-refractivity contribution in [1.82, 2.24) is 4.98 Å². The van der Waals surface area contributed by atoms with Gasteiger partial charge < -0.3 is 23.6 Å². The van der Waals surface area contributed by atoms with Crippen molar-refractivity contribution in [1.29, 1.82) is 0 Å². The third-order valence-corrected chi connectivity index (χ3v) is 8.11. The Balaban J connectivity index is 2.17. The van der Waals surface area contributed by atoms with Crippen molar-refractivity contribution in [2.75, 3.05) is 33.2 Å². The van der Waals surface area contributed by atoms with Crippen molar-refractivity contribution in [3.63, 3.8) is 0 Å². The van der Waals surface area contributed by atoms with Crippen molar-refractivity contribution in [3.05, 3.63) is 30.3 Å². The van der Waals surface area contributed by atoms with Crippen LogP contribution in [0.1, 0.15) is 6.92 Å². The number of rotatable bonds is 11. The minimum atomic E-state index is -2.46. The lowest BCUT2D eigenvalue weighted by Crippen LogP contribution is -2.48. The summed E-state index contributed by atoms with van der Waals surface area (Å²) < 4.78 is 16.3. The molecule has 0 fully saturated rings. The van der Waals surface area contributed by atoms with Crippen LogP contribution in [0.15, 0.2) is 30.3 Å². The fourth-order valence-corrected chi connectivity index (χ4v) is 5.55. The Morgan fingerprint density at radius 2 is 1.71 bits per heavy atom. The number of hydrogen-bond acceptors (Lipinski definition) is 5. The third kappa shape index (κ3) is 6.72. The van der Waals surface area contributed by atoms with Crippen LogP contribution >= 0.6 is 0 Å². The van der Waals surface area contributed by atoms with Crippen LogP contribution in [-0.4, -0.2) is 52.4 Å². The molecule has 7 heteroatoms. The van der Waals surface area contributed by atoms with E-state index in [-0.39, 0.29) is 9.68 Å². The minimum absolute atomic E-state index is 0.301. The van der Waals surface area contributed by atoms with Crippen LogP contribution in [-0.2, 0) is 13.3 Å². The second kappa shape index (κ2) is 10.1. The highest BCUT2D eigenvalue weighted by atomic mass is 28.4. The predicted octanol–water partition coefficient (Wildman–Crippen LogP) is 1.46. The van der Waals surface area contributed by atoms with Gasteiger partial charge in [0, 0.05) is 45.6 Å². The molecule has 1 rings (SSSR count). The lowest BCUT2D eigenvalue weighted by Gasteiger charge is -2.27. The van der Waals surface area contributed by atoms with Crippen LogP contribution in [0.2, 0.25) is 12.1 Å². The normalized spacial score (nSPS) is 13.7. The summed E-state index contributed by atoms with van der Waals surface area (Å²) >= 11 is 0. The molecule has 0 saturated heterocycles. The highest BCUT2D eigenvalue weighted by Crippen LogP contribution is 2.14. The topological polar surface area (TPSA) is 51.8 Å². The molecule has 0 heterocycles. The highest BCUT2D eigenvalue weighted by molar-refractivity contribution is 6.60. The number of hydrogen-bond donors (Lipinski definition) is 2. The van der Waals surface area contributed by atoms with Gasteiger partial charge >= 0.3 is 8.80 Å². The monoisotopic (exact) mass is 328 g/mol. The Hall–Kier alpha value is -0.706. The summed E-state index contributed by atoms with van der Waals surface area (Å²) in [6.45, 7) is 3.17. The first-order valence-corrected chi connectivity index (χ1v) is 11.0. The Bertz CT molecular complexity index is 369. The molecule has 5 nitrogen and oxygen atoms in total. The summed E-state index contributed by atoms with van der Waals surface area (Å²) in [5.41, 5.74) is 1.18. The van der Waals surface area contributed by atoms with Crippen LogP contribution in [0.4, 0.5) is 5.69 Å². The summed E-state index contributed by atoms with van der Waals surface area (Å²) in [6, 6.07) is 12.7. The van der Waals surface area contributed by atoms with E-state index in [0.29, 0.717) is 6.04 Å². The SMILES string of the molecule is CO[Si](CC(C)N[SiH2]CCNc1ccccc1)(OC)OC. The molecule has 0 radical (unpaired) electrons. The maximum Gasteiger partial charge on any atom is 0.501 e. The Labute approximate surface area is 131 Å². The molecular formula is C14H28N2O3Si2. The van der Waals surface area contributed by atoms with Gasteiger partial charge in [-0.25, -0.2) is 0 Å². The van der Waals surface area contributed by atoms with Gasteiger partial charge in [-0.15, -0.1) is 0 Å². The van der Waals surface area contributed by atoms with E-state index in [1.165, 1.54) is 11.7 Å². The molecule has 0 aliphatic heterocycles. The number of benzene rings is 1. The van der Waals surface area contributed by atoms with Gasteiger partial charge in [0.2, 0.25) is 0 Å².